The molecule has 0 unspecified atom stereocenters. The maximum absolute atomic E-state index is 13.1. The third kappa shape index (κ3) is 3.42. The second-order valence-corrected chi connectivity index (χ2v) is 6.45. The van der Waals surface area contributed by atoms with Crippen molar-refractivity contribution in [2.75, 3.05) is 0 Å². The Morgan fingerprint density at radius 1 is 1.20 bits per heavy atom. The summed E-state index contributed by atoms with van der Waals surface area (Å²) in [5.74, 6) is 0.0537. The lowest BCUT2D eigenvalue weighted by atomic mass is 10.1. The van der Waals surface area contributed by atoms with Gasteiger partial charge in [0.05, 0.1) is 5.69 Å². The van der Waals surface area contributed by atoms with E-state index >= 15 is 0 Å². The average Bonchev–Trinajstić information content (AvgIpc) is 3.33. The standard InChI is InChI=1S/C19H19N5O/c1-14-5-7-15(8-6-14)12-23(17-9-10-17)19(25)16-3-2-4-18(11-16)24-13-20-21-22-24/h2-8,11,13,17H,9-10,12H2,1H3. The number of carbonyl (C=O) groups excluding carboxylic acids is 1. The monoisotopic (exact) mass is 333 g/mol. The van der Waals surface area contributed by atoms with Crippen LogP contribution in [0.4, 0.5) is 0 Å². The molecule has 6 nitrogen and oxygen atoms in total. The summed E-state index contributed by atoms with van der Waals surface area (Å²) in [5.41, 5.74) is 3.82. The van der Waals surface area contributed by atoms with Gasteiger partial charge in [0.15, 0.2) is 0 Å². The van der Waals surface area contributed by atoms with Gasteiger partial charge in [-0.05, 0) is 54.0 Å². The first kappa shape index (κ1) is 15.5. The fourth-order valence-electron chi connectivity index (χ4n) is 2.87. The lowest BCUT2D eigenvalue weighted by Gasteiger charge is -2.23. The molecule has 0 atom stereocenters. The minimum atomic E-state index is 0.0537. The van der Waals surface area contributed by atoms with Gasteiger partial charge in [0.2, 0.25) is 0 Å². The molecule has 1 saturated carbocycles. The number of benzene rings is 2. The first-order valence-corrected chi connectivity index (χ1v) is 8.40. The summed E-state index contributed by atoms with van der Waals surface area (Å²) in [4.78, 5) is 15.1. The highest BCUT2D eigenvalue weighted by atomic mass is 16.2. The molecule has 6 heteroatoms. The lowest BCUT2D eigenvalue weighted by molar-refractivity contribution is 0.0730. The Kier molecular flexibility index (Phi) is 4.01. The molecule has 0 saturated heterocycles. The van der Waals surface area contributed by atoms with Gasteiger partial charge in [0.25, 0.3) is 5.91 Å². The summed E-state index contributed by atoms with van der Waals surface area (Å²) >= 11 is 0. The minimum Gasteiger partial charge on any atom is -0.331 e. The van der Waals surface area contributed by atoms with Gasteiger partial charge in [-0.2, -0.15) is 0 Å². The summed E-state index contributed by atoms with van der Waals surface area (Å²) in [5, 5.41) is 11.2. The van der Waals surface area contributed by atoms with E-state index in [4.69, 9.17) is 0 Å². The number of amides is 1. The van der Waals surface area contributed by atoms with Crippen LogP contribution in [0.15, 0.2) is 54.9 Å². The molecule has 1 amide bonds. The maximum atomic E-state index is 13.1. The summed E-state index contributed by atoms with van der Waals surface area (Å²) in [6.45, 7) is 2.71. The molecule has 1 heterocycles. The highest BCUT2D eigenvalue weighted by molar-refractivity contribution is 5.95. The van der Waals surface area contributed by atoms with Crippen molar-refractivity contribution in [3.63, 3.8) is 0 Å². The van der Waals surface area contributed by atoms with Crippen LogP contribution in [0.25, 0.3) is 5.69 Å². The fourth-order valence-corrected chi connectivity index (χ4v) is 2.87. The first-order valence-electron chi connectivity index (χ1n) is 8.40. The van der Waals surface area contributed by atoms with Crippen LogP contribution in [0.3, 0.4) is 0 Å². The largest absolute Gasteiger partial charge is 0.331 e. The van der Waals surface area contributed by atoms with Crippen molar-refractivity contribution < 1.29 is 4.79 Å². The number of carbonyl (C=O) groups is 1. The zero-order valence-electron chi connectivity index (χ0n) is 14.0. The van der Waals surface area contributed by atoms with Gasteiger partial charge in [-0.15, -0.1) is 5.10 Å². The third-order valence-corrected chi connectivity index (χ3v) is 4.43. The Morgan fingerprint density at radius 2 is 2.00 bits per heavy atom. The van der Waals surface area contributed by atoms with E-state index in [1.54, 1.807) is 4.68 Å². The Bertz CT molecular complexity index is 869. The van der Waals surface area contributed by atoms with E-state index in [1.165, 1.54) is 11.9 Å². The maximum Gasteiger partial charge on any atom is 0.254 e. The normalized spacial score (nSPS) is 13.6. The molecule has 1 aliphatic rings. The molecule has 126 valence electrons. The zero-order chi connectivity index (χ0) is 17.2. The van der Waals surface area contributed by atoms with Crippen LogP contribution in [0.5, 0.6) is 0 Å². The van der Waals surface area contributed by atoms with Crippen molar-refractivity contribution in [2.24, 2.45) is 0 Å². The number of hydrogen-bond acceptors (Lipinski definition) is 4. The quantitative estimate of drug-likeness (QED) is 0.720. The van der Waals surface area contributed by atoms with Crippen molar-refractivity contribution >= 4 is 5.91 Å². The molecular weight excluding hydrogens is 314 g/mol. The minimum absolute atomic E-state index is 0.0537. The van der Waals surface area contributed by atoms with Crippen LogP contribution in [-0.2, 0) is 6.54 Å². The SMILES string of the molecule is Cc1ccc(CN(C(=O)c2cccc(-n3cnnn3)c2)C2CC2)cc1. The molecule has 0 N–H and O–H groups in total. The van der Waals surface area contributed by atoms with Crippen LogP contribution >= 0.6 is 0 Å². The van der Waals surface area contributed by atoms with E-state index in [-0.39, 0.29) is 5.91 Å². The Labute approximate surface area is 146 Å². The van der Waals surface area contributed by atoms with Gasteiger partial charge in [0, 0.05) is 18.2 Å². The van der Waals surface area contributed by atoms with Crippen LogP contribution in [0.1, 0.15) is 34.3 Å². The third-order valence-electron chi connectivity index (χ3n) is 4.43. The molecule has 0 aliphatic heterocycles. The second kappa shape index (κ2) is 6.47. The molecular formula is C19H19N5O. The predicted molar refractivity (Wildman–Crippen MR) is 93.2 cm³/mol. The van der Waals surface area contributed by atoms with Crippen molar-refractivity contribution in [3.8, 4) is 5.69 Å². The molecule has 0 bridgehead atoms. The van der Waals surface area contributed by atoms with Crippen molar-refractivity contribution in [2.45, 2.75) is 32.4 Å². The van der Waals surface area contributed by atoms with Crippen LogP contribution < -0.4 is 0 Å². The van der Waals surface area contributed by atoms with E-state index in [2.05, 4.69) is 46.7 Å². The second-order valence-electron chi connectivity index (χ2n) is 6.45. The highest BCUT2D eigenvalue weighted by Crippen LogP contribution is 2.30. The smallest absolute Gasteiger partial charge is 0.254 e. The average molecular weight is 333 g/mol. The van der Waals surface area contributed by atoms with Gasteiger partial charge < -0.3 is 4.90 Å². The molecule has 0 radical (unpaired) electrons. The lowest BCUT2D eigenvalue weighted by Crippen LogP contribution is -2.32. The molecule has 3 aromatic rings. The number of nitrogens with zero attached hydrogens (tertiary/aromatic N) is 5. The first-order chi connectivity index (χ1) is 12.2. The van der Waals surface area contributed by atoms with E-state index in [0.29, 0.717) is 18.2 Å². The molecule has 0 spiro atoms. The number of aryl methyl sites for hydroxylation is 1. The van der Waals surface area contributed by atoms with Crippen LogP contribution in [0, 0.1) is 6.92 Å². The van der Waals surface area contributed by atoms with E-state index in [1.807, 2.05) is 29.2 Å². The Hall–Kier alpha value is -3.02. The summed E-state index contributed by atoms with van der Waals surface area (Å²) in [6, 6.07) is 16.1. The van der Waals surface area contributed by atoms with Crippen molar-refractivity contribution in [1.82, 2.24) is 25.1 Å². The fraction of sp³-hybridized carbons (Fsp3) is 0.263. The Balaban J connectivity index is 1.59. The number of rotatable bonds is 5. The van der Waals surface area contributed by atoms with E-state index in [9.17, 15) is 4.79 Å². The summed E-state index contributed by atoms with van der Waals surface area (Å²) in [6.07, 6.45) is 3.67. The molecule has 1 aromatic heterocycles. The summed E-state index contributed by atoms with van der Waals surface area (Å²) in [7, 11) is 0. The van der Waals surface area contributed by atoms with Gasteiger partial charge in [-0.3, -0.25) is 4.79 Å². The number of tetrazole rings is 1. The topological polar surface area (TPSA) is 63.9 Å². The van der Waals surface area contributed by atoms with E-state index < -0.39 is 0 Å². The summed E-state index contributed by atoms with van der Waals surface area (Å²) < 4.78 is 1.55. The highest BCUT2D eigenvalue weighted by Gasteiger charge is 2.33. The van der Waals surface area contributed by atoms with Crippen LogP contribution in [-0.4, -0.2) is 37.1 Å². The predicted octanol–water partition coefficient (Wildman–Crippen LogP) is 2.78. The van der Waals surface area contributed by atoms with Gasteiger partial charge in [-0.1, -0.05) is 35.9 Å². The molecule has 1 aliphatic carbocycles. The van der Waals surface area contributed by atoms with Crippen molar-refractivity contribution in [1.29, 1.82) is 0 Å². The van der Waals surface area contributed by atoms with Gasteiger partial charge in [0.1, 0.15) is 6.33 Å². The number of aromatic nitrogens is 4. The Morgan fingerprint density at radius 3 is 2.68 bits per heavy atom. The van der Waals surface area contributed by atoms with E-state index in [0.717, 1.165) is 24.1 Å². The van der Waals surface area contributed by atoms with Crippen LogP contribution in [0.2, 0.25) is 0 Å². The molecule has 25 heavy (non-hydrogen) atoms. The molecule has 1 fully saturated rings. The number of hydrogen-bond donors (Lipinski definition) is 0. The zero-order valence-corrected chi connectivity index (χ0v) is 14.0. The van der Waals surface area contributed by atoms with Gasteiger partial charge >= 0.3 is 0 Å². The van der Waals surface area contributed by atoms with Gasteiger partial charge in [-0.25, -0.2) is 4.68 Å². The van der Waals surface area contributed by atoms with Crippen molar-refractivity contribution in [3.05, 3.63) is 71.5 Å². The molecule has 2 aromatic carbocycles. The molecule has 4 rings (SSSR count).